The number of methoxy groups -OCH3 is 1. The molecule has 2 N–H and O–H groups in total. The third kappa shape index (κ3) is 4.97. The molecule has 0 aromatic carbocycles. The van der Waals surface area contributed by atoms with Gasteiger partial charge in [-0.05, 0) is 19.8 Å². The molecule has 0 saturated carbocycles. The fourth-order valence-corrected chi connectivity index (χ4v) is 2.17. The minimum atomic E-state index is -0.849. The van der Waals surface area contributed by atoms with Gasteiger partial charge in [-0.15, -0.1) is 0 Å². The number of ether oxygens (including phenoxy) is 2. The average Bonchev–Trinajstić information content (AvgIpc) is 2.42. The van der Waals surface area contributed by atoms with Crippen molar-refractivity contribution in [2.45, 2.75) is 19.8 Å². The monoisotopic (exact) mass is 288 g/mol. The highest BCUT2D eigenvalue weighted by Crippen LogP contribution is 2.29. The number of carbonyl (C=O) groups is 2. The summed E-state index contributed by atoms with van der Waals surface area (Å²) >= 11 is 0. The lowest BCUT2D eigenvalue weighted by atomic mass is 9.82. The number of aliphatic carboxylic acids is 1. The van der Waals surface area contributed by atoms with Crippen LogP contribution in [0.3, 0.4) is 0 Å². The first-order valence-electron chi connectivity index (χ1n) is 6.82. The maximum Gasteiger partial charge on any atom is 0.317 e. The zero-order valence-electron chi connectivity index (χ0n) is 12.2. The van der Waals surface area contributed by atoms with Gasteiger partial charge in [0, 0.05) is 26.7 Å². The Labute approximate surface area is 119 Å². The largest absolute Gasteiger partial charge is 0.481 e. The highest BCUT2D eigenvalue weighted by atomic mass is 16.5. The molecule has 1 aliphatic heterocycles. The molecule has 1 aliphatic rings. The smallest absolute Gasteiger partial charge is 0.317 e. The summed E-state index contributed by atoms with van der Waals surface area (Å²) in [6, 6.07) is -0.229. The van der Waals surface area contributed by atoms with Crippen molar-refractivity contribution in [1.29, 1.82) is 0 Å². The predicted octanol–water partition coefficient (Wildman–Crippen LogP) is 0.546. The second-order valence-corrected chi connectivity index (χ2v) is 5.23. The number of hydrogen-bond acceptors (Lipinski definition) is 4. The van der Waals surface area contributed by atoms with E-state index in [4.69, 9.17) is 9.47 Å². The number of carboxylic acid groups (broad SMARTS) is 1. The van der Waals surface area contributed by atoms with Crippen LogP contribution in [0.1, 0.15) is 19.8 Å². The van der Waals surface area contributed by atoms with E-state index < -0.39 is 11.4 Å². The number of urea groups is 1. The SMILES string of the molecule is COCCOCCNC(=O)N1CCCC(C)(C(=O)O)C1. The molecule has 0 aromatic heterocycles. The fourth-order valence-electron chi connectivity index (χ4n) is 2.17. The van der Waals surface area contributed by atoms with Crippen LogP contribution in [0.2, 0.25) is 0 Å². The Morgan fingerprint density at radius 1 is 1.35 bits per heavy atom. The van der Waals surface area contributed by atoms with Crippen molar-refractivity contribution in [3.63, 3.8) is 0 Å². The van der Waals surface area contributed by atoms with Crippen LogP contribution in [0.4, 0.5) is 4.79 Å². The molecule has 1 saturated heterocycles. The van der Waals surface area contributed by atoms with E-state index in [1.165, 1.54) is 0 Å². The molecule has 116 valence electrons. The van der Waals surface area contributed by atoms with E-state index in [-0.39, 0.29) is 12.6 Å². The molecule has 7 nitrogen and oxygen atoms in total. The summed E-state index contributed by atoms with van der Waals surface area (Å²) in [7, 11) is 1.60. The molecule has 0 aliphatic carbocycles. The van der Waals surface area contributed by atoms with Gasteiger partial charge < -0.3 is 24.8 Å². The number of carboxylic acids is 1. The molecule has 20 heavy (non-hydrogen) atoms. The summed E-state index contributed by atoms with van der Waals surface area (Å²) in [6.07, 6.45) is 1.31. The number of amides is 2. The molecular weight excluding hydrogens is 264 g/mol. The second-order valence-electron chi connectivity index (χ2n) is 5.23. The minimum Gasteiger partial charge on any atom is -0.481 e. The number of hydrogen-bond donors (Lipinski definition) is 2. The van der Waals surface area contributed by atoms with Crippen molar-refractivity contribution < 1.29 is 24.2 Å². The van der Waals surface area contributed by atoms with Gasteiger partial charge in [-0.2, -0.15) is 0 Å². The summed E-state index contributed by atoms with van der Waals surface area (Å²) in [5.41, 5.74) is -0.843. The molecule has 1 heterocycles. The van der Waals surface area contributed by atoms with Gasteiger partial charge in [-0.3, -0.25) is 4.79 Å². The number of piperidine rings is 1. The van der Waals surface area contributed by atoms with E-state index in [1.54, 1.807) is 18.9 Å². The van der Waals surface area contributed by atoms with E-state index in [2.05, 4.69) is 5.32 Å². The van der Waals surface area contributed by atoms with Gasteiger partial charge in [0.15, 0.2) is 0 Å². The topological polar surface area (TPSA) is 88.1 Å². The van der Waals surface area contributed by atoms with Crippen molar-refractivity contribution in [2.75, 3.05) is 46.6 Å². The highest BCUT2D eigenvalue weighted by molar-refractivity contribution is 5.78. The molecule has 1 fully saturated rings. The zero-order valence-corrected chi connectivity index (χ0v) is 12.2. The average molecular weight is 288 g/mol. The Kier molecular flexibility index (Phi) is 6.74. The molecule has 0 radical (unpaired) electrons. The van der Waals surface area contributed by atoms with Gasteiger partial charge in [-0.1, -0.05) is 0 Å². The number of nitrogens with one attached hydrogen (secondary N) is 1. The summed E-state index contributed by atoms with van der Waals surface area (Å²) in [5.74, 6) is -0.849. The Hall–Kier alpha value is -1.34. The van der Waals surface area contributed by atoms with Gasteiger partial charge in [0.2, 0.25) is 0 Å². The summed E-state index contributed by atoms with van der Waals surface area (Å²) in [6.45, 7) is 4.37. The van der Waals surface area contributed by atoms with Crippen molar-refractivity contribution >= 4 is 12.0 Å². The van der Waals surface area contributed by atoms with Gasteiger partial charge in [0.05, 0.1) is 25.2 Å². The molecule has 7 heteroatoms. The number of carbonyl (C=O) groups excluding carboxylic acids is 1. The van der Waals surface area contributed by atoms with Crippen LogP contribution in [0.15, 0.2) is 0 Å². The van der Waals surface area contributed by atoms with E-state index in [0.29, 0.717) is 45.8 Å². The van der Waals surface area contributed by atoms with Crippen molar-refractivity contribution in [2.24, 2.45) is 5.41 Å². The third-order valence-electron chi connectivity index (χ3n) is 3.45. The normalized spacial score (nSPS) is 22.6. The van der Waals surface area contributed by atoms with E-state index >= 15 is 0 Å². The standard InChI is InChI=1S/C13H24N2O5/c1-13(11(16)17)4-3-6-15(10-13)12(18)14-5-7-20-9-8-19-2/h3-10H2,1-2H3,(H,14,18)(H,16,17). The Bertz CT molecular complexity index is 337. The molecule has 1 rings (SSSR count). The Balaban J connectivity index is 2.27. The molecule has 0 aromatic rings. The first kappa shape index (κ1) is 16.7. The molecule has 0 bridgehead atoms. The molecular formula is C13H24N2O5. The van der Waals surface area contributed by atoms with E-state index in [1.807, 2.05) is 0 Å². The third-order valence-corrected chi connectivity index (χ3v) is 3.45. The molecule has 1 unspecified atom stereocenters. The zero-order chi connectivity index (χ0) is 15.0. The van der Waals surface area contributed by atoms with E-state index in [9.17, 15) is 14.7 Å². The fraction of sp³-hybridized carbons (Fsp3) is 0.846. The van der Waals surface area contributed by atoms with Crippen molar-refractivity contribution in [3.05, 3.63) is 0 Å². The summed E-state index contributed by atoms with van der Waals surface area (Å²) in [5, 5.41) is 11.9. The minimum absolute atomic E-state index is 0.229. The second kappa shape index (κ2) is 8.06. The summed E-state index contributed by atoms with van der Waals surface area (Å²) < 4.78 is 10.1. The van der Waals surface area contributed by atoms with Crippen molar-refractivity contribution in [1.82, 2.24) is 10.2 Å². The quantitative estimate of drug-likeness (QED) is 0.668. The van der Waals surface area contributed by atoms with Gasteiger partial charge >= 0.3 is 12.0 Å². The maximum absolute atomic E-state index is 11.9. The summed E-state index contributed by atoms with van der Waals surface area (Å²) in [4.78, 5) is 24.7. The Morgan fingerprint density at radius 2 is 2.10 bits per heavy atom. The lowest BCUT2D eigenvalue weighted by Crippen LogP contribution is -2.51. The van der Waals surface area contributed by atoms with Gasteiger partial charge in [0.25, 0.3) is 0 Å². The van der Waals surface area contributed by atoms with Crippen molar-refractivity contribution in [3.8, 4) is 0 Å². The Morgan fingerprint density at radius 3 is 2.75 bits per heavy atom. The lowest BCUT2D eigenvalue weighted by molar-refractivity contribution is -0.150. The highest BCUT2D eigenvalue weighted by Gasteiger charge is 2.39. The van der Waals surface area contributed by atoms with Crippen LogP contribution in [-0.2, 0) is 14.3 Å². The molecule has 0 spiro atoms. The van der Waals surface area contributed by atoms with Crippen LogP contribution in [0, 0.1) is 5.41 Å². The first-order chi connectivity index (χ1) is 9.49. The molecule has 2 amide bonds. The molecule has 1 atom stereocenters. The number of rotatable bonds is 7. The predicted molar refractivity (Wildman–Crippen MR) is 72.6 cm³/mol. The van der Waals surface area contributed by atoms with Crippen LogP contribution < -0.4 is 5.32 Å². The maximum atomic E-state index is 11.9. The number of likely N-dealkylation sites (tertiary alicyclic amines) is 1. The van der Waals surface area contributed by atoms with Crippen LogP contribution in [-0.4, -0.2) is 68.6 Å². The number of nitrogens with zero attached hydrogens (tertiary/aromatic N) is 1. The van der Waals surface area contributed by atoms with E-state index in [0.717, 1.165) is 0 Å². The van der Waals surface area contributed by atoms with Gasteiger partial charge in [-0.25, -0.2) is 4.79 Å². The first-order valence-corrected chi connectivity index (χ1v) is 6.82. The lowest BCUT2D eigenvalue weighted by Gasteiger charge is -2.37. The van der Waals surface area contributed by atoms with Gasteiger partial charge in [0.1, 0.15) is 0 Å². The van der Waals surface area contributed by atoms with Crippen LogP contribution in [0.5, 0.6) is 0 Å². The van der Waals surface area contributed by atoms with Crippen LogP contribution >= 0.6 is 0 Å². The van der Waals surface area contributed by atoms with Crippen LogP contribution in [0.25, 0.3) is 0 Å².